The normalized spacial score (nSPS) is 20.0. The van der Waals surface area contributed by atoms with Gasteiger partial charge in [-0.1, -0.05) is 6.92 Å². The zero-order valence-electron chi connectivity index (χ0n) is 13.1. The summed E-state index contributed by atoms with van der Waals surface area (Å²) in [5, 5.41) is 2.75. The highest BCUT2D eigenvalue weighted by molar-refractivity contribution is 6.21. The Kier molecular flexibility index (Phi) is 4.43. The number of carbonyl (C=O) groups is 3. The Balaban J connectivity index is 1.76. The molecule has 1 N–H and O–H groups in total. The first-order valence-electron chi connectivity index (χ1n) is 8.02. The lowest BCUT2D eigenvalue weighted by atomic mass is 10.1. The zero-order valence-corrected chi connectivity index (χ0v) is 13.1. The van der Waals surface area contributed by atoms with Crippen molar-refractivity contribution in [3.63, 3.8) is 0 Å². The number of nitrogens with one attached hydrogen (secondary N) is 1. The molecule has 1 fully saturated rings. The number of ether oxygens (including phenoxy) is 1. The highest BCUT2D eigenvalue weighted by atomic mass is 16.5. The Morgan fingerprint density at radius 2 is 2.09 bits per heavy atom. The third-order valence-electron chi connectivity index (χ3n) is 4.14. The molecule has 0 spiro atoms. The minimum Gasteiger partial charge on any atom is -0.376 e. The minimum absolute atomic E-state index is 0.0686. The summed E-state index contributed by atoms with van der Waals surface area (Å²) in [4.78, 5) is 37.8. The van der Waals surface area contributed by atoms with Gasteiger partial charge in [-0.25, -0.2) is 0 Å². The van der Waals surface area contributed by atoms with Crippen LogP contribution in [-0.4, -0.2) is 41.9 Å². The van der Waals surface area contributed by atoms with Crippen LogP contribution >= 0.6 is 0 Å². The predicted molar refractivity (Wildman–Crippen MR) is 84.3 cm³/mol. The Bertz CT molecular complexity index is 650. The third-order valence-corrected chi connectivity index (χ3v) is 4.14. The Labute approximate surface area is 134 Å². The molecule has 0 aliphatic carbocycles. The van der Waals surface area contributed by atoms with Gasteiger partial charge in [0.15, 0.2) is 0 Å². The highest BCUT2D eigenvalue weighted by Gasteiger charge is 2.37. The number of carbonyl (C=O) groups excluding carboxylic acids is 3. The van der Waals surface area contributed by atoms with Gasteiger partial charge in [0.25, 0.3) is 11.8 Å². The van der Waals surface area contributed by atoms with E-state index in [9.17, 15) is 14.4 Å². The summed E-state index contributed by atoms with van der Waals surface area (Å²) in [6.07, 6.45) is 2.94. The molecule has 2 aliphatic rings. The van der Waals surface area contributed by atoms with Crippen LogP contribution in [-0.2, 0) is 9.53 Å². The fourth-order valence-corrected chi connectivity index (χ4v) is 2.98. The average Bonchev–Trinajstić information content (AvgIpc) is 3.11. The monoisotopic (exact) mass is 316 g/mol. The van der Waals surface area contributed by atoms with Crippen LogP contribution in [0.15, 0.2) is 18.2 Å². The topological polar surface area (TPSA) is 75.7 Å². The summed E-state index contributed by atoms with van der Waals surface area (Å²) in [6.45, 7) is 2.90. The van der Waals surface area contributed by atoms with Gasteiger partial charge in [-0.3, -0.25) is 19.3 Å². The number of hydrogen-bond acceptors (Lipinski definition) is 4. The Hall–Kier alpha value is -2.21. The maximum atomic E-state index is 12.5. The molecule has 0 saturated carbocycles. The Morgan fingerprint density at radius 3 is 2.78 bits per heavy atom. The molecular weight excluding hydrogens is 296 g/mol. The van der Waals surface area contributed by atoms with E-state index in [1.54, 1.807) is 18.2 Å². The van der Waals surface area contributed by atoms with E-state index >= 15 is 0 Å². The molecule has 23 heavy (non-hydrogen) atoms. The second kappa shape index (κ2) is 6.50. The lowest BCUT2D eigenvalue weighted by Gasteiger charge is -2.17. The summed E-state index contributed by atoms with van der Waals surface area (Å²) < 4.78 is 5.51. The lowest BCUT2D eigenvalue weighted by molar-refractivity contribution is -0.116. The van der Waals surface area contributed by atoms with Gasteiger partial charge in [0, 0.05) is 18.7 Å². The van der Waals surface area contributed by atoms with Gasteiger partial charge in [-0.15, -0.1) is 0 Å². The van der Waals surface area contributed by atoms with E-state index in [0.29, 0.717) is 36.4 Å². The van der Waals surface area contributed by atoms with E-state index in [4.69, 9.17) is 4.74 Å². The first-order valence-corrected chi connectivity index (χ1v) is 8.02. The van der Waals surface area contributed by atoms with Crippen molar-refractivity contribution in [3.8, 4) is 0 Å². The smallest absolute Gasteiger partial charge is 0.261 e. The zero-order chi connectivity index (χ0) is 16.4. The molecule has 1 atom stereocenters. The van der Waals surface area contributed by atoms with E-state index in [-0.39, 0.29) is 23.8 Å². The maximum Gasteiger partial charge on any atom is 0.261 e. The standard InChI is InChI=1S/C17H20N2O4/c1-2-4-15(20)18-11-6-7-13-14(9-11)17(22)19(16(13)21)10-12-5-3-8-23-12/h6-7,9,12H,2-5,8,10H2,1H3,(H,18,20)/t12-/m1/s1. The Morgan fingerprint density at radius 1 is 1.30 bits per heavy atom. The molecule has 0 aromatic heterocycles. The molecule has 1 aromatic carbocycles. The second-order valence-electron chi connectivity index (χ2n) is 5.91. The van der Waals surface area contributed by atoms with Gasteiger partial charge >= 0.3 is 0 Å². The van der Waals surface area contributed by atoms with Gasteiger partial charge in [0.05, 0.1) is 23.8 Å². The van der Waals surface area contributed by atoms with Crippen LogP contribution in [0.2, 0.25) is 0 Å². The summed E-state index contributed by atoms with van der Waals surface area (Å²) >= 11 is 0. The number of imide groups is 1. The van der Waals surface area contributed by atoms with Crippen molar-refractivity contribution in [1.29, 1.82) is 0 Å². The van der Waals surface area contributed by atoms with E-state index in [0.717, 1.165) is 19.3 Å². The van der Waals surface area contributed by atoms with Crippen molar-refractivity contribution >= 4 is 23.4 Å². The summed E-state index contributed by atoms with van der Waals surface area (Å²) in [7, 11) is 0. The van der Waals surface area contributed by atoms with Crippen LogP contribution in [0.5, 0.6) is 0 Å². The third kappa shape index (κ3) is 3.12. The number of amides is 3. The number of hydrogen-bond donors (Lipinski definition) is 1. The molecular formula is C17H20N2O4. The predicted octanol–water partition coefficient (Wildman–Crippen LogP) is 2.20. The molecule has 122 valence electrons. The minimum atomic E-state index is -0.313. The van der Waals surface area contributed by atoms with E-state index in [2.05, 4.69) is 5.32 Å². The molecule has 6 heteroatoms. The lowest BCUT2D eigenvalue weighted by Crippen LogP contribution is -2.36. The molecule has 0 bridgehead atoms. The summed E-state index contributed by atoms with van der Waals surface area (Å²) in [5.74, 6) is -0.695. The van der Waals surface area contributed by atoms with Crippen molar-refractivity contribution in [2.75, 3.05) is 18.5 Å². The number of nitrogens with zero attached hydrogens (tertiary/aromatic N) is 1. The largest absolute Gasteiger partial charge is 0.376 e. The van der Waals surface area contributed by atoms with Gasteiger partial charge in [0.1, 0.15) is 0 Å². The molecule has 0 unspecified atom stereocenters. The highest BCUT2D eigenvalue weighted by Crippen LogP contribution is 2.27. The molecule has 1 aromatic rings. The quantitative estimate of drug-likeness (QED) is 0.845. The molecule has 3 amide bonds. The van der Waals surface area contributed by atoms with Crippen molar-refractivity contribution in [2.24, 2.45) is 0 Å². The number of benzene rings is 1. The molecule has 2 aliphatic heterocycles. The van der Waals surface area contributed by atoms with Crippen LogP contribution in [0.1, 0.15) is 53.3 Å². The van der Waals surface area contributed by atoms with E-state index in [1.807, 2.05) is 6.92 Å². The number of fused-ring (bicyclic) bond motifs is 1. The molecule has 3 rings (SSSR count). The van der Waals surface area contributed by atoms with Crippen molar-refractivity contribution < 1.29 is 19.1 Å². The maximum absolute atomic E-state index is 12.5. The van der Waals surface area contributed by atoms with Crippen LogP contribution in [0.25, 0.3) is 0 Å². The molecule has 0 radical (unpaired) electrons. The first-order chi connectivity index (χ1) is 11.1. The van der Waals surface area contributed by atoms with Crippen LogP contribution in [0.4, 0.5) is 5.69 Å². The SMILES string of the molecule is CCCC(=O)Nc1ccc2c(c1)C(=O)N(C[C@H]1CCCO1)C2=O. The number of anilines is 1. The van der Waals surface area contributed by atoms with Gasteiger partial charge in [-0.2, -0.15) is 0 Å². The van der Waals surface area contributed by atoms with Crippen molar-refractivity contribution in [2.45, 2.75) is 38.7 Å². The fraction of sp³-hybridized carbons (Fsp3) is 0.471. The van der Waals surface area contributed by atoms with Gasteiger partial charge < -0.3 is 10.1 Å². The van der Waals surface area contributed by atoms with Crippen LogP contribution < -0.4 is 5.32 Å². The summed E-state index contributed by atoms with van der Waals surface area (Å²) in [5.41, 5.74) is 1.28. The van der Waals surface area contributed by atoms with Gasteiger partial charge in [0.2, 0.25) is 5.91 Å². The second-order valence-corrected chi connectivity index (χ2v) is 5.91. The van der Waals surface area contributed by atoms with Crippen LogP contribution in [0, 0.1) is 0 Å². The van der Waals surface area contributed by atoms with Crippen molar-refractivity contribution in [3.05, 3.63) is 29.3 Å². The van der Waals surface area contributed by atoms with Gasteiger partial charge in [-0.05, 0) is 37.5 Å². The first kappa shape index (κ1) is 15.7. The van der Waals surface area contributed by atoms with E-state index < -0.39 is 0 Å². The molecule has 2 heterocycles. The average molecular weight is 316 g/mol. The number of rotatable bonds is 5. The summed E-state index contributed by atoms with van der Waals surface area (Å²) in [6, 6.07) is 4.85. The van der Waals surface area contributed by atoms with Crippen LogP contribution in [0.3, 0.4) is 0 Å². The van der Waals surface area contributed by atoms with E-state index in [1.165, 1.54) is 4.90 Å². The van der Waals surface area contributed by atoms with Crippen molar-refractivity contribution in [1.82, 2.24) is 4.90 Å². The fourth-order valence-electron chi connectivity index (χ4n) is 2.98. The molecule has 1 saturated heterocycles. The molecule has 6 nitrogen and oxygen atoms in total.